The van der Waals surface area contributed by atoms with Crippen LogP contribution in [0.3, 0.4) is 0 Å². The van der Waals surface area contributed by atoms with E-state index in [0.717, 1.165) is 51.5 Å². The Balaban J connectivity index is 0.000000348. The number of nitrogens with zero attached hydrogens (tertiary/aromatic N) is 2. The fourth-order valence-corrected chi connectivity index (χ4v) is 4.51. The second kappa shape index (κ2) is 28.0. The second-order valence-electron chi connectivity index (χ2n) is 12.3. The van der Waals surface area contributed by atoms with Gasteiger partial charge in [0.15, 0.2) is 0 Å². The highest BCUT2D eigenvalue weighted by atomic mass is 19.1. The molecule has 58 heavy (non-hydrogen) atoms. The van der Waals surface area contributed by atoms with E-state index in [0.29, 0.717) is 42.8 Å². The molecule has 5 aromatic carbocycles. The van der Waals surface area contributed by atoms with Crippen molar-refractivity contribution in [2.24, 2.45) is 30.0 Å². The molecule has 13 nitrogen and oxygen atoms in total. The topological polar surface area (TPSA) is 261 Å². The Kier molecular flexibility index (Phi) is 23.9. The summed E-state index contributed by atoms with van der Waals surface area (Å²) < 4.78 is 32.0. The van der Waals surface area contributed by atoms with Crippen molar-refractivity contribution in [3.63, 3.8) is 0 Å². The SMILES string of the molecule is COc1cccc(C)c1N.Cn1ccc(=O)n(N)c1=O.NCCc1cccc(F)c1.NCCc1ccccc1F.NCc1ccc(N)cc1.NCc1ccccc1N. The maximum absolute atomic E-state index is 12.7. The molecule has 1 heterocycles. The van der Waals surface area contributed by atoms with E-state index in [1.165, 1.54) is 42.1 Å². The molecule has 15 heteroatoms. The number of benzene rings is 5. The zero-order valence-corrected chi connectivity index (χ0v) is 33.4. The van der Waals surface area contributed by atoms with Gasteiger partial charge in [0.05, 0.1) is 12.8 Å². The van der Waals surface area contributed by atoms with E-state index in [2.05, 4.69) is 0 Å². The molecule has 0 spiro atoms. The summed E-state index contributed by atoms with van der Waals surface area (Å²) in [7, 11) is 3.14. The number of halogens is 2. The summed E-state index contributed by atoms with van der Waals surface area (Å²) in [5.74, 6) is 5.46. The number of aromatic nitrogens is 2. The maximum Gasteiger partial charge on any atom is 0.349 e. The molecular weight excluding hydrogens is 743 g/mol. The third kappa shape index (κ3) is 18.9. The molecule has 16 N–H and O–H groups in total. The van der Waals surface area contributed by atoms with E-state index in [4.69, 9.17) is 50.7 Å². The Morgan fingerprint density at radius 3 is 1.76 bits per heavy atom. The number of hydrogen-bond acceptors (Lipinski definition) is 11. The van der Waals surface area contributed by atoms with Crippen molar-refractivity contribution < 1.29 is 13.5 Å². The van der Waals surface area contributed by atoms with E-state index in [1.807, 2.05) is 85.8 Å². The molecule has 6 rings (SSSR count). The minimum Gasteiger partial charge on any atom is -0.495 e. The zero-order valence-electron chi connectivity index (χ0n) is 33.4. The largest absolute Gasteiger partial charge is 0.495 e. The highest BCUT2D eigenvalue weighted by molar-refractivity contribution is 5.57. The molecular formula is C43H58F2N10O3. The van der Waals surface area contributed by atoms with Crippen molar-refractivity contribution >= 4 is 17.1 Å². The average Bonchev–Trinajstić information content (AvgIpc) is 3.22. The van der Waals surface area contributed by atoms with Gasteiger partial charge in [-0.05, 0) is 103 Å². The molecule has 1 aromatic heterocycles. The van der Waals surface area contributed by atoms with Crippen LogP contribution in [0.25, 0.3) is 0 Å². The van der Waals surface area contributed by atoms with Crippen LogP contribution in [0, 0.1) is 18.6 Å². The van der Waals surface area contributed by atoms with E-state index >= 15 is 0 Å². The van der Waals surface area contributed by atoms with E-state index in [9.17, 15) is 18.4 Å². The molecule has 312 valence electrons. The molecule has 0 fully saturated rings. The van der Waals surface area contributed by atoms with E-state index in [-0.39, 0.29) is 11.6 Å². The van der Waals surface area contributed by atoms with Crippen molar-refractivity contribution in [2.45, 2.75) is 32.9 Å². The van der Waals surface area contributed by atoms with Gasteiger partial charge in [-0.3, -0.25) is 4.79 Å². The van der Waals surface area contributed by atoms with Crippen molar-refractivity contribution in [3.05, 3.63) is 188 Å². The van der Waals surface area contributed by atoms with Crippen molar-refractivity contribution in [3.8, 4) is 5.75 Å². The summed E-state index contributed by atoms with van der Waals surface area (Å²) >= 11 is 0. The van der Waals surface area contributed by atoms with Crippen molar-refractivity contribution in [2.75, 3.05) is 43.2 Å². The molecule has 0 aliphatic rings. The van der Waals surface area contributed by atoms with Crippen LogP contribution in [0.5, 0.6) is 5.75 Å². The number of aryl methyl sites for hydroxylation is 2. The minimum absolute atomic E-state index is 0.159. The number of anilines is 3. The Labute approximate surface area is 338 Å². The number of nitrogen functional groups attached to an aromatic ring is 4. The summed E-state index contributed by atoms with van der Waals surface area (Å²) in [6, 6.07) is 35.3. The monoisotopic (exact) mass is 800 g/mol. The number of hydrogen-bond donors (Lipinski definition) is 8. The molecule has 0 radical (unpaired) electrons. The molecule has 6 aromatic rings. The van der Waals surface area contributed by atoms with Gasteiger partial charge in [0.25, 0.3) is 5.56 Å². The lowest BCUT2D eigenvalue weighted by molar-refractivity contribution is 0.416. The van der Waals surface area contributed by atoms with Gasteiger partial charge in [-0.15, -0.1) is 0 Å². The van der Waals surface area contributed by atoms with Crippen LogP contribution in [0.15, 0.2) is 137 Å². The normalized spacial score (nSPS) is 9.60. The van der Waals surface area contributed by atoms with Crippen molar-refractivity contribution in [1.29, 1.82) is 0 Å². The molecule has 0 unspecified atom stereocenters. The predicted octanol–water partition coefficient (Wildman–Crippen LogP) is 3.96. The Morgan fingerprint density at radius 1 is 0.655 bits per heavy atom. The molecule has 0 bridgehead atoms. The zero-order chi connectivity index (χ0) is 43.5. The highest BCUT2D eigenvalue weighted by Gasteiger charge is 1.99. The minimum atomic E-state index is -0.521. The summed E-state index contributed by atoms with van der Waals surface area (Å²) in [5, 5.41) is 0. The summed E-state index contributed by atoms with van der Waals surface area (Å²) in [4.78, 5) is 21.4. The fourth-order valence-electron chi connectivity index (χ4n) is 4.51. The maximum atomic E-state index is 12.7. The Hall–Kier alpha value is -6.52. The average molecular weight is 801 g/mol. The Bertz CT molecular complexity index is 2180. The van der Waals surface area contributed by atoms with Crippen LogP contribution < -0.4 is 62.0 Å². The van der Waals surface area contributed by atoms with Gasteiger partial charge in [-0.25, -0.2) is 13.6 Å². The quantitative estimate of drug-likeness (QED) is 0.0847. The number of rotatable bonds is 7. The molecule has 0 saturated heterocycles. The number of para-hydroxylation sites is 2. The lowest BCUT2D eigenvalue weighted by Crippen LogP contribution is -2.42. The standard InChI is InChI=1S/2C8H10FN.C8H11NO.2C7H10N2.C5H7N3O2/c9-8-3-1-2-7(6-8)4-5-10;9-8-4-2-1-3-7(8)5-6-10;1-6-4-3-5-7(10-2)8(6)9;8-5-6-1-3-7(9)4-2-6;8-5-6-3-1-2-4-7(6)9;1-7-3-2-4(9)8(6)5(7)10/h1-3,6H,4-5,10H2;1-4H,5-6,10H2;3-5H,9H2,1-2H3;2*1-4H,5,8-9H2;2-3H,6H2,1H3. The molecule has 0 aliphatic heterocycles. The first-order valence-corrected chi connectivity index (χ1v) is 18.1. The molecule has 0 aliphatic carbocycles. The summed E-state index contributed by atoms with van der Waals surface area (Å²) in [6.45, 7) is 4.13. The van der Waals surface area contributed by atoms with Gasteiger partial charge < -0.3 is 55.3 Å². The summed E-state index contributed by atoms with van der Waals surface area (Å²) in [5.41, 5.74) is 44.1. The van der Waals surface area contributed by atoms with Gasteiger partial charge in [0.1, 0.15) is 17.4 Å². The number of nitrogens with two attached hydrogens (primary N) is 8. The number of ether oxygens (including phenoxy) is 1. The third-order valence-electron chi connectivity index (χ3n) is 7.87. The number of methoxy groups -OCH3 is 1. The summed E-state index contributed by atoms with van der Waals surface area (Å²) in [6.07, 6.45) is 2.73. The first-order chi connectivity index (χ1) is 27.7. The lowest BCUT2D eigenvalue weighted by atomic mass is 10.1. The van der Waals surface area contributed by atoms with Gasteiger partial charge in [0.2, 0.25) is 0 Å². The highest BCUT2D eigenvalue weighted by Crippen LogP contribution is 2.23. The Morgan fingerprint density at radius 2 is 1.26 bits per heavy atom. The first kappa shape index (κ1) is 49.5. The van der Waals surface area contributed by atoms with Crippen molar-refractivity contribution in [1.82, 2.24) is 9.24 Å². The van der Waals surface area contributed by atoms with Crippen LogP contribution in [0.4, 0.5) is 25.8 Å². The van der Waals surface area contributed by atoms with Gasteiger partial charge in [0, 0.05) is 43.8 Å². The lowest BCUT2D eigenvalue weighted by Gasteiger charge is -2.04. The molecule has 0 amide bonds. The van der Waals surface area contributed by atoms with Crippen LogP contribution in [0.2, 0.25) is 0 Å². The molecule has 0 atom stereocenters. The van der Waals surface area contributed by atoms with Crippen LogP contribution in [0.1, 0.15) is 27.8 Å². The predicted molar refractivity (Wildman–Crippen MR) is 234 cm³/mol. The fraction of sp³-hybridized carbons (Fsp3) is 0.209. The van der Waals surface area contributed by atoms with Crippen LogP contribution in [-0.4, -0.2) is 29.4 Å². The van der Waals surface area contributed by atoms with Crippen LogP contribution in [-0.2, 0) is 33.0 Å². The van der Waals surface area contributed by atoms with Gasteiger partial charge in [-0.2, -0.15) is 4.68 Å². The van der Waals surface area contributed by atoms with Gasteiger partial charge in [-0.1, -0.05) is 72.8 Å². The molecule has 0 saturated carbocycles. The first-order valence-electron chi connectivity index (χ1n) is 18.1. The smallest absolute Gasteiger partial charge is 0.349 e. The van der Waals surface area contributed by atoms with E-state index < -0.39 is 11.2 Å². The van der Waals surface area contributed by atoms with Crippen LogP contribution >= 0.6 is 0 Å². The van der Waals surface area contributed by atoms with Gasteiger partial charge >= 0.3 is 5.69 Å². The second-order valence-corrected chi connectivity index (χ2v) is 12.3. The van der Waals surface area contributed by atoms with E-state index in [1.54, 1.807) is 25.3 Å². The third-order valence-corrected chi connectivity index (χ3v) is 7.87.